The zero-order chi connectivity index (χ0) is 18.6. The number of ether oxygens (including phenoxy) is 2. The lowest BCUT2D eigenvalue weighted by Gasteiger charge is -2.31. The average Bonchev–Trinajstić information content (AvgIpc) is 2.67. The highest BCUT2D eigenvalue weighted by atomic mass is 32.2. The Labute approximate surface area is 154 Å². The molecule has 0 spiro atoms. The molecule has 0 radical (unpaired) electrons. The third kappa shape index (κ3) is 4.23. The van der Waals surface area contributed by atoms with Gasteiger partial charge in [-0.25, -0.2) is 13.1 Å². The third-order valence-electron chi connectivity index (χ3n) is 4.74. The van der Waals surface area contributed by atoms with Gasteiger partial charge in [0, 0.05) is 25.6 Å². The summed E-state index contributed by atoms with van der Waals surface area (Å²) in [6.45, 7) is 3.12. The zero-order valence-corrected chi connectivity index (χ0v) is 15.8. The van der Waals surface area contributed by atoms with E-state index in [0.29, 0.717) is 19.0 Å². The summed E-state index contributed by atoms with van der Waals surface area (Å²) in [5, 5.41) is 0. The number of nitrogens with zero attached hydrogens (tertiary/aromatic N) is 1. The van der Waals surface area contributed by atoms with Crippen molar-refractivity contribution in [3.05, 3.63) is 53.9 Å². The number of nitrogens with one attached hydrogen (secondary N) is 1. The zero-order valence-electron chi connectivity index (χ0n) is 15.0. The lowest BCUT2D eigenvalue weighted by molar-refractivity contribution is 0.0564. The molecule has 2 aromatic rings. The Balaban J connectivity index is 1.91. The smallest absolute Gasteiger partial charge is 0.241 e. The molecule has 1 aliphatic rings. The van der Waals surface area contributed by atoms with Crippen LogP contribution in [0.25, 0.3) is 0 Å². The van der Waals surface area contributed by atoms with Crippen molar-refractivity contribution in [1.29, 1.82) is 0 Å². The normalized spacial score (nSPS) is 17.0. The van der Waals surface area contributed by atoms with Crippen molar-refractivity contribution in [2.45, 2.75) is 30.7 Å². The van der Waals surface area contributed by atoms with Crippen molar-refractivity contribution in [3.8, 4) is 5.75 Å². The minimum atomic E-state index is -3.68. The third-order valence-corrected chi connectivity index (χ3v) is 6.18. The number of benzene rings is 1. The van der Waals surface area contributed by atoms with E-state index in [4.69, 9.17) is 9.47 Å². The molecule has 3 rings (SSSR count). The fourth-order valence-corrected chi connectivity index (χ4v) is 4.68. The van der Waals surface area contributed by atoms with E-state index in [0.717, 1.165) is 24.0 Å². The standard InChI is InChI=1S/C19H24N2O4S/c1-14-12-17(5-6-18(14)24-2)26(22,23)21-19(15-7-10-25-11-8-15)16-4-3-9-20-13-16/h3-6,9,12-13,15,19,21H,7-8,10-11H2,1-2H3. The van der Waals surface area contributed by atoms with E-state index >= 15 is 0 Å². The van der Waals surface area contributed by atoms with Crippen LogP contribution >= 0.6 is 0 Å². The molecule has 1 aliphatic heterocycles. The lowest BCUT2D eigenvalue weighted by atomic mass is 9.88. The Bertz CT molecular complexity index is 834. The molecule has 1 atom stereocenters. The molecule has 1 fully saturated rings. The van der Waals surface area contributed by atoms with Crippen LogP contribution in [0.5, 0.6) is 5.75 Å². The van der Waals surface area contributed by atoms with Crippen LogP contribution in [0.4, 0.5) is 0 Å². The number of aryl methyl sites for hydroxylation is 1. The number of pyridine rings is 1. The molecule has 0 amide bonds. The van der Waals surface area contributed by atoms with Gasteiger partial charge < -0.3 is 9.47 Å². The summed E-state index contributed by atoms with van der Waals surface area (Å²) in [6.07, 6.45) is 5.03. The highest BCUT2D eigenvalue weighted by Gasteiger charge is 2.30. The van der Waals surface area contributed by atoms with Crippen LogP contribution in [0.15, 0.2) is 47.6 Å². The SMILES string of the molecule is COc1ccc(S(=O)(=O)NC(c2cccnc2)C2CCOCC2)cc1C. The first kappa shape index (κ1) is 18.8. The Morgan fingerprint density at radius 1 is 1.27 bits per heavy atom. The molecule has 6 nitrogen and oxygen atoms in total. The molecule has 0 bridgehead atoms. The van der Waals surface area contributed by atoms with Crippen LogP contribution in [0, 0.1) is 12.8 Å². The number of hydrogen-bond donors (Lipinski definition) is 1. The molecule has 1 unspecified atom stereocenters. The summed E-state index contributed by atoms with van der Waals surface area (Å²) in [6, 6.07) is 8.28. The summed E-state index contributed by atoms with van der Waals surface area (Å²) < 4.78 is 39.6. The molecule has 1 aromatic carbocycles. The van der Waals surface area contributed by atoms with Gasteiger partial charge in [0.05, 0.1) is 18.0 Å². The number of sulfonamides is 1. The van der Waals surface area contributed by atoms with Crippen molar-refractivity contribution >= 4 is 10.0 Å². The lowest BCUT2D eigenvalue weighted by Crippen LogP contribution is -2.36. The van der Waals surface area contributed by atoms with Crippen molar-refractivity contribution < 1.29 is 17.9 Å². The molecule has 1 aromatic heterocycles. The number of aromatic nitrogens is 1. The molecule has 1 saturated heterocycles. The van der Waals surface area contributed by atoms with Gasteiger partial charge in [-0.05, 0) is 61.1 Å². The number of hydrogen-bond acceptors (Lipinski definition) is 5. The van der Waals surface area contributed by atoms with Gasteiger partial charge in [0.2, 0.25) is 10.0 Å². The van der Waals surface area contributed by atoms with Gasteiger partial charge in [-0.3, -0.25) is 4.98 Å². The molecular weight excluding hydrogens is 352 g/mol. The summed E-state index contributed by atoms with van der Waals surface area (Å²) in [5.41, 5.74) is 1.65. The van der Waals surface area contributed by atoms with Gasteiger partial charge in [0.1, 0.15) is 5.75 Å². The summed E-state index contributed by atoms with van der Waals surface area (Å²) in [4.78, 5) is 4.39. The van der Waals surface area contributed by atoms with Gasteiger partial charge in [-0.2, -0.15) is 0 Å². The summed E-state index contributed by atoms with van der Waals surface area (Å²) >= 11 is 0. The van der Waals surface area contributed by atoms with Crippen molar-refractivity contribution in [3.63, 3.8) is 0 Å². The first-order valence-electron chi connectivity index (χ1n) is 8.66. The molecule has 7 heteroatoms. The van der Waals surface area contributed by atoms with Gasteiger partial charge in [-0.15, -0.1) is 0 Å². The van der Waals surface area contributed by atoms with Crippen LogP contribution in [0.3, 0.4) is 0 Å². The first-order chi connectivity index (χ1) is 12.5. The minimum Gasteiger partial charge on any atom is -0.496 e. The maximum Gasteiger partial charge on any atom is 0.241 e. The predicted octanol–water partition coefficient (Wildman–Crippen LogP) is 2.84. The van der Waals surface area contributed by atoms with E-state index in [1.54, 1.807) is 37.7 Å². The highest BCUT2D eigenvalue weighted by Crippen LogP contribution is 2.31. The maximum atomic E-state index is 13.0. The van der Waals surface area contributed by atoms with Crippen molar-refractivity contribution in [1.82, 2.24) is 9.71 Å². The van der Waals surface area contributed by atoms with E-state index < -0.39 is 10.0 Å². The minimum absolute atomic E-state index is 0.169. The Morgan fingerprint density at radius 3 is 2.65 bits per heavy atom. The maximum absolute atomic E-state index is 13.0. The second-order valence-electron chi connectivity index (χ2n) is 6.47. The second-order valence-corrected chi connectivity index (χ2v) is 8.18. The quantitative estimate of drug-likeness (QED) is 0.839. The fourth-order valence-electron chi connectivity index (χ4n) is 3.30. The second kappa shape index (κ2) is 8.16. The predicted molar refractivity (Wildman–Crippen MR) is 98.6 cm³/mol. The number of rotatable bonds is 6. The Hall–Kier alpha value is -1.96. The molecule has 0 aliphatic carbocycles. The van der Waals surface area contributed by atoms with Gasteiger partial charge in [-0.1, -0.05) is 6.07 Å². The van der Waals surface area contributed by atoms with Crippen LogP contribution in [-0.4, -0.2) is 33.7 Å². The van der Waals surface area contributed by atoms with Crippen LogP contribution in [0.2, 0.25) is 0 Å². The highest BCUT2D eigenvalue weighted by molar-refractivity contribution is 7.89. The molecule has 26 heavy (non-hydrogen) atoms. The summed E-state index contributed by atoms with van der Waals surface area (Å²) in [7, 11) is -2.11. The first-order valence-corrected chi connectivity index (χ1v) is 10.1. The van der Waals surface area contributed by atoms with E-state index in [-0.39, 0.29) is 16.9 Å². The Morgan fingerprint density at radius 2 is 2.04 bits per heavy atom. The molecule has 0 saturated carbocycles. The monoisotopic (exact) mass is 376 g/mol. The van der Waals surface area contributed by atoms with Crippen molar-refractivity contribution in [2.24, 2.45) is 5.92 Å². The topological polar surface area (TPSA) is 77.5 Å². The molecule has 1 N–H and O–H groups in total. The largest absolute Gasteiger partial charge is 0.496 e. The molecule has 140 valence electrons. The van der Waals surface area contributed by atoms with E-state index in [1.165, 1.54) is 0 Å². The van der Waals surface area contributed by atoms with Gasteiger partial charge in [0.15, 0.2) is 0 Å². The van der Waals surface area contributed by atoms with Crippen LogP contribution < -0.4 is 9.46 Å². The average molecular weight is 376 g/mol. The molecule has 2 heterocycles. The van der Waals surface area contributed by atoms with Crippen molar-refractivity contribution in [2.75, 3.05) is 20.3 Å². The fraction of sp³-hybridized carbons (Fsp3) is 0.421. The van der Waals surface area contributed by atoms with Gasteiger partial charge >= 0.3 is 0 Å². The Kier molecular flexibility index (Phi) is 5.90. The van der Waals surface area contributed by atoms with Gasteiger partial charge in [0.25, 0.3) is 0 Å². The van der Waals surface area contributed by atoms with E-state index in [2.05, 4.69) is 9.71 Å². The molecular formula is C19H24N2O4S. The van der Waals surface area contributed by atoms with E-state index in [1.807, 2.05) is 19.1 Å². The van der Waals surface area contributed by atoms with Crippen LogP contribution in [0.1, 0.15) is 30.0 Å². The van der Waals surface area contributed by atoms with E-state index in [9.17, 15) is 8.42 Å². The number of methoxy groups -OCH3 is 1. The summed E-state index contributed by atoms with van der Waals surface area (Å²) in [5.74, 6) is 0.833. The van der Waals surface area contributed by atoms with Crippen LogP contribution in [-0.2, 0) is 14.8 Å².